The molecule has 0 spiro atoms. The monoisotopic (exact) mass is 333 g/mol. The van der Waals surface area contributed by atoms with Crippen LogP contribution in [0.3, 0.4) is 0 Å². The van der Waals surface area contributed by atoms with Crippen LogP contribution in [-0.2, 0) is 23.1 Å². The molecule has 0 aliphatic carbocycles. The second kappa shape index (κ2) is 6.18. The molecule has 5 nitrogen and oxygen atoms in total. The Labute approximate surface area is 141 Å². The fraction of sp³-hybridized carbons (Fsp3) is 0.500. The maximum atomic E-state index is 13.6. The highest BCUT2D eigenvalue weighted by atomic mass is 19.1. The summed E-state index contributed by atoms with van der Waals surface area (Å²) in [5.41, 5.74) is 1.23. The first kappa shape index (κ1) is 16.9. The Kier molecular flexibility index (Phi) is 4.36. The van der Waals surface area contributed by atoms with E-state index in [9.17, 15) is 9.18 Å². The van der Waals surface area contributed by atoms with Gasteiger partial charge in [-0.3, -0.25) is 9.69 Å². The molecule has 1 amide bonds. The zero-order valence-corrected chi connectivity index (χ0v) is 14.7. The van der Waals surface area contributed by atoms with E-state index in [1.807, 2.05) is 24.7 Å². The first-order valence-electron chi connectivity index (χ1n) is 8.12. The summed E-state index contributed by atoms with van der Waals surface area (Å²) in [7, 11) is 5.44. The number of carbonyl (C=O) groups excluding carboxylic acids is 1. The van der Waals surface area contributed by atoms with Crippen molar-refractivity contribution < 1.29 is 13.9 Å². The highest BCUT2D eigenvalue weighted by Crippen LogP contribution is 2.26. The van der Waals surface area contributed by atoms with Gasteiger partial charge < -0.3 is 14.2 Å². The Morgan fingerprint density at radius 3 is 2.88 bits per heavy atom. The van der Waals surface area contributed by atoms with Crippen molar-refractivity contribution in [2.75, 3.05) is 33.8 Å². The SMILES string of the molecule is CN(C)C(=O)C1(C)CN(Cc2cn(C)c3ccc(F)cc23)CCO1. The normalized spacial score (nSPS) is 22.0. The number of amides is 1. The third kappa shape index (κ3) is 3.03. The maximum Gasteiger partial charge on any atom is 0.255 e. The predicted octanol–water partition coefficient (Wildman–Crippen LogP) is 2.00. The molecule has 3 rings (SSSR count). The molecule has 130 valence electrons. The number of aryl methyl sites for hydroxylation is 1. The number of benzene rings is 1. The summed E-state index contributed by atoms with van der Waals surface area (Å²) in [6.07, 6.45) is 2.03. The van der Waals surface area contributed by atoms with Crippen molar-refractivity contribution in [2.45, 2.75) is 19.1 Å². The van der Waals surface area contributed by atoms with Gasteiger partial charge in [0.05, 0.1) is 6.61 Å². The van der Waals surface area contributed by atoms with E-state index in [0.717, 1.165) is 23.0 Å². The van der Waals surface area contributed by atoms with Crippen LogP contribution in [0, 0.1) is 5.82 Å². The Morgan fingerprint density at radius 1 is 1.42 bits per heavy atom. The molecule has 1 aliphatic heterocycles. The fourth-order valence-electron chi connectivity index (χ4n) is 3.50. The van der Waals surface area contributed by atoms with Crippen LogP contribution < -0.4 is 0 Å². The number of hydrogen-bond acceptors (Lipinski definition) is 3. The third-order valence-corrected chi connectivity index (χ3v) is 4.64. The number of likely N-dealkylation sites (N-methyl/N-ethyl adjacent to an activating group) is 1. The molecule has 6 heteroatoms. The lowest BCUT2D eigenvalue weighted by Crippen LogP contribution is -2.57. The molecular formula is C18H24FN3O2. The molecular weight excluding hydrogens is 309 g/mol. The van der Waals surface area contributed by atoms with Crippen molar-refractivity contribution in [3.63, 3.8) is 0 Å². The Hall–Kier alpha value is -1.92. The van der Waals surface area contributed by atoms with E-state index in [1.165, 1.54) is 6.07 Å². The van der Waals surface area contributed by atoms with Gasteiger partial charge in [0.15, 0.2) is 5.60 Å². The van der Waals surface area contributed by atoms with Gasteiger partial charge in [0.1, 0.15) is 5.82 Å². The van der Waals surface area contributed by atoms with E-state index < -0.39 is 5.60 Å². The maximum absolute atomic E-state index is 13.6. The molecule has 1 saturated heterocycles. The average Bonchev–Trinajstić information content (AvgIpc) is 2.82. The number of hydrogen-bond donors (Lipinski definition) is 0. The minimum absolute atomic E-state index is 0.0313. The molecule has 0 bridgehead atoms. The molecule has 0 radical (unpaired) electrons. The molecule has 1 atom stereocenters. The minimum atomic E-state index is -0.836. The molecule has 1 aliphatic rings. The molecule has 0 N–H and O–H groups in total. The Balaban J connectivity index is 1.84. The van der Waals surface area contributed by atoms with Crippen LogP contribution in [0.5, 0.6) is 0 Å². The zero-order chi connectivity index (χ0) is 17.5. The number of fused-ring (bicyclic) bond motifs is 1. The lowest BCUT2D eigenvalue weighted by atomic mass is 10.0. The van der Waals surface area contributed by atoms with Gasteiger partial charge in [-0.25, -0.2) is 4.39 Å². The van der Waals surface area contributed by atoms with Crippen LogP contribution in [0.15, 0.2) is 24.4 Å². The smallest absolute Gasteiger partial charge is 0.255 e. The molecule has 2 heterocycles. The van der Waals surface area contributed by atoms with Gasteiger partial charge in [0.25, 0.3) is 5.91 Å². The number of aromatic nitrogens is 1. The molecule has 24 heavy (non-hydrogen) atoms. The van der Waals surface area contributed by atoms with E-state index in [1.54, 1.807) is 31.1 Å². The summed E-state index contributed by atoms with van der Waals surface area (Å²) in [5, 5.41) is 0.921. The summed E-state index contributed by atoms with van der Waals surface area (Å²) >= 11 is 0. The Bertz CT molecular complexity index is 771. The summed E-state index contributed by atoms with van der Waals surface area (Å²) in [5.74, 6) is -0.263. The van der Waals surface area contributed by atoms with E-state index in [-0.39, 0.29) is 11.7 Å². The van der Waals surface area contributed by atoms with Crippen LogP contribution in [0.2, 0.25) is 0 Å². The number of morpholine rings is 1. The lowest BCUT2D eigenvalue weighted by Gasteiger charge is -2.40. The van der Waals surface area contributed by atoms with Crippen LogP contribution in [-0.4, -0.2) is 59.7 Å². The molecule has 1 fully saturated rings. The van der Waals surface area contributed by atoms with Gasteiger partial charge in [-0.15, -0.1) is 0 Å². The highest BCUT2D eigenvalue weighted by Gasteiger charge is 2.40. The number of carbonyl (C=O) groups is 1. The minimum Gasteiger partial charge on any atom is -0.363 e. The third-order valence-electron chi connectivity index (χ3n) is 4.64. The van der Waals surface area contributed by atoms with Crippen LogP contribution in [0.25, 0.3) is 10.9 Å². The van der Waals surface area contributed by atoms with E-state index in [2.05, 4.69) is 4.90 Å². The topological polar surface area (TPSA) is 37.7 Å². The molecule has 2 aromatic rings. The summed E-state index contributed by atoms with van der Waals surface area (Å²) in [6.45, 7) is 4.29. The van der Waals surface area contributed by atoms with Crippen molar-refractivity contribution in [1.29, 1.82) is 0 Å². The van der Waals surface area contributed by atoms with Gasteiger partial charge in [0.2, 0.25) is 0 Å². The van der Waals surface area contributed by atoms with Crippen LogP contribution in [0.1, 0.15) is 12.5 Å². The first-order chi connectivity index (χ1) is 11.3. The van der Waals surface area contributed by atoms with Crippen molar-refractivity contribution >= 4 is 16.8 Å². The van der Waals surface area contributed by atoms with Crippen molar-refractivity contribution in [3.8, 4) is 0 Å². The van der Waals surface area contributed by atoms with E-state index in [4.69, 9.17) is 4.74 Å². The number of ether oxygens (including phenoxy) is 1. The quantitative estimate of drug-likeness (QED) is 0.862. The standard InChI is InChI=1S/C18H24FN3O2/c1-18(17(23)20(2)3)12-22(7-8-24-18)11-13-10-21(4)16-6-5-14(19)9-15(13)16/h5-6,9-10H,7-8,11-12H2,1-4H3. The summed E-state index contributed by atoms with van der Waals surface area (Å²) in [4.78, 5) is 16.2. The number of halogens is 1. The van der Waals surface area contributed by atoms with Crippen LogP contribution in [0.4, 0.5) is 4.39 Å². The van der Waals surface area contributed by atoms with Gasteiger partial charge in [0, 0.05) is 57.9 Å². The Morgan fingerprint density at radius 2 is 2.17 bits per heavy atom. The number of rotatable bonds is 3. The van der Waals surface area contributed by atoms with Gasteiger partial charge >= 0.3 is 0 Å². The van der Waals surface area contributed by atoms with Gasteiger partial charge in [-0.1, -0.05) is 0 Å². The lowest BCUT2D eigenvalue weighted by molar-refractivity contribution is -0.165. The van der Waals surface area contributed by atoms with E-state index >= 15 is 0 Å². The second-order valence-electron chi connectivity index (χ2n) is 6.92. The molecule has 0 saturated carbocycles. The number of nitrogens with zero attached hydrogens (tertiary/aromatic N) is 3. The molecule has 1 unspecified atom stereocenters. The van der Waals surface area contributed by atoms with Crippen LogP contribution >= 0.6 is 0 Å². The summed E-state index contributed by atoms with van der Waals surface area (Å²) < 4.78 is 21.4. The highest BCUT2D eigenvalue weighted by molar-refractivity contribution is 5.85. The van der Waals surface area contributed by atoms with Crippen molar-refractivity contribution in [3.05, 3.63) is 35.8 Å². The second-order valence-corrected chi connectivity index (χ2v) is 6.92. The van der Waals surface area contributed by atoms with Gasteiger partial charge in [-0.2, -0.15) is 0 Å². The van der Waals surface area contributed by atoms with Crippen molar-refractivity contribution in [1.82, 2.24) is 14.4 Å². The average molecular weight is 333 g/mol. The van der Waals surface area contributed by atoms with E-state index in [0.29, 0.717) is 19.7 Å². The van der Waals surface area contributed by atoms with Gasteiger partial charge in [-0.05, 0) is 30.7 Å². The first-order valence-corrected chi connectivity index (χ1v) is 8.12. The molecule has 1 aromatic carbocycles. The molecule has 1 aromatic heterocycles. The predicted molar refractivity (Wildman–Crippen MR) is 91.2 cm³/mol. The zero-order valence-electron chi connectivity index (χ0n) is 14.7. The van der Waals surface area contributed by atoms with Crippen molar-refractivity contribution in [2.24, 2.45) is 7.05 Å². The summed E-state index contributed by atoms with van der Waals surface area (Å²) in [6, 6.07) is 4.86. The largest absolute Gasteiger partial charge is 0.363 e. The fourth-order valence-corrected chi connectivity index (χ4v) is 3.50.